The van der Waals surface area contributed by atoms with Crippen molar-refractivity contribution in [1.82, 2.24) is 5.32 Å². The van der Waals surface area contributed by atoms with Crippen LogP contribution in [0, 0.1) is 17.8 Å². The van der Waals surface area contributed by atoms with Crippen LogP contribution in [0.15, 0.2) is 0 Å². The van der Waals surface area contributed by atoms with Crippen LogP contribution in [0.4, 0.5) is 0 Å². The van der Waals surface area contributed by atoms with Crippen LogP contribution < -0.4 is 5.32 Å². The summed E-state index contributed by atoms with van der Waals surface area (Å²) >= 11 is 0. The topological polar surface area (TPSA) is 12.0 Å². The van der Waals surface area contributed by atoms with Crippen LogP contribution in [0.25, 0.3) is 0 Å². The van der Waals surface area contributed by atoms with E-state index < -0.39 is 0 Å². The summed E-state index contributed by atoms with van der Waals surface area (Å²) in [5.74, 6) is 2.61. The lowest BCUT2D eigenvalue weighted by Crippen LogP contribution is -2.42. The van der Waals surface area contributed by atoms with Crippen LogP contribution in [0.5, 0.6) is 0 Å². The Balaban J connectivity index is 2.55. The Kier molecular flexibility index (Phi) is 4.24. The van der Waals surface area contributed by atoms with E-state index in [1.807, 2.05) is 0 Å². The van der Waals surface area contributed by atoms with Crippen molar-refractivity contribution in [2.75, 3.05) is 7.05 Å². The van der Waals surface area contributed by atoms with Gasteiger partial charge in [0.1, 0.15) is 0 Å². The number of hydrogen-bond acceptors (Lipinski definition) is 1. The molecule has 1 nitrogen and oxygen atoms in total. The van der Waals surface area contributed by atoms with Crippen LogP contribution in [-0.4, -0.2) is 13.1 Å². The van der Waals surface area contributed by atoms with E-state index in [0.717, 1.165) is 23.8 Å². The van der Waals surface area contributed by atoms with Gasteiger partial charge in [-0.05, 0) is 31.2 Å². The zero-order chi connectivity index (χ0) is 9.84. The van der Waals surface area contributed by atoms with E-state index in [-0.39, 0.29) is 0 Å². The largest absolute Gasteiger partial charge is 0.316 e. The minimum Gasteiger partial charge on any atom is -0.316 e. The van der Waals surface area contributed by atoms with Crippen molar-refractivity contribution in [2.45, 2.75) is 52.5 Å². The lowest BCUT2D eigenvalue weighted by atomic mass is 9.73. The molecule has 1 saturated carbocycles. The molecule has 0 aromatic heterocycles. The summed E-state index contributed by atoms with van der Waals surface area (Å²) in [6.07, 6.45) is 5.77. The monoisotopic (exact) mass is 183 g/mol. The molecule has 0 aromatic rings. The Labute approximate surface area is 83.3 Å². The fourth-order valence-corrected chi connectivity index (χ4v) is 2.92. The van der Waals surface area contributed by atoms with Gasteiger partial charge in [-0.25, -0.2) is 0 Å². The van der Waals surface area contributed by atoms with E-state index in [1.54, 1.807) is 0 Å². The van der Waals surface area contributed by atoms with Gasteiger partial charge in [0, 0.05) is 6.04 Å². The molecule has 0 radical (unpaired) electrons. The number of rotatable bonds is 3. The Morgan fingerprint density at radius 1 is 1.15 bits per heavy atom. The van der Waals surface area contributed by atoms with Gasteiger partial charge in [0.15, 0.2) is 0 Å². The molecule has 1 N–H and O–H groups in total. The average Bonchev–Trinajstić information content (AvgIpc) is 2.09. The van der Waals surface area contributed by atoms with Crippen molar-refractivity contribution in [2.24, 2.45) is 17.8 Å². The molecule has 0 heterocycles. The lowest BCUT2D eigenvalue weighted by molar-refractivity contribution is 0.169. The third kappa shape index (κ3) is 2.70. The van der Waals surface area contributed by atoms with Gasteiger partial charge in [-0.1, -0.05) is 40.0 Å². The van der Waals surface area contributed by atoms with Gasteiger partial charge in [-0.3, -0.25) is 0 Å². The number of nitrogens with one attached hydrogen (secondary N) is 1. The Morgan fingerprint density at radius 3 is 2.23 bits per heavy atom. The molecular weight excluding hydrogens is 158 g/mol. The molecular formula is C12H25N. The normalized spacial score (nSPS) is 32.1. The second-order valence-corrected chi connectivity index (χ2v) is 4.98. The Bertz CT molecular complexity index is 142. The predicted molar refractivity (Wildman–Crippen MR) is 58.8 cm³/mol. The van der Waals surface area contributed by atoms with Gasteiger partial charge in [0.2, 0.25) is 0 Å². The molecule has 13 heavy (non-hydrogen) atoms. The average molecular weight is 183 g/mol. The first kappa shape index (κ1) is 11.0. The highest BCUT2D eigenvalue weighted by atomic mass is 14.9. The van der Waals surface area contributed by atoms with Gasteiger partial charge < -0.3 is 5.32 Å². The van der Waals surface area contributed by atoms with Crippen molar-refractivity contribution in [3.63, 3.8) is 0 Å². The van der Waals surface area contributed by atoms with Crippen LogP contribution in [0.3, 0.4) is 0 Å². The van der Waals surface area contributed by atoms with E-state index in [0.29, 0.717) is 0 Å². The first-order valence-corrected chi connectivity index (χ1v) is 5.84. The summed E-state index contributed by atoms with van der Waals surface area (Å²) in [7, 11) is 2.12. The molecule has 0 spiro atoms. The van der Waals surface area contributed by atoms with Gasteiger partial charge in [-0.2, -0.15) is 0 Å². The summed E-state index contributed by atoms with van der Waals surface area (Å²) in [6.45, 7) is 7.10. The van der Waals surface area contributed by atoms with E-state index in [1.165, 1.54) is 25.7 Å². The van der Waals surface area contributed by atoms with Crippen LogP contribution in [-0.2, 0) is 0 Å². The van der Waals surface area contributed by atoms with Gasteiger partial charge >= 0.3 is 0 Å². The third-order valence-corrected chi connectivity index (χ3v) is 3.69. The van der Waals surface area contributed by atoms with Crippen molar-refractivity contribution in [1.29, 1.82) is 0 Å². The van der Waals surface area contributed by atoms with Gasteiger partial charge in [0.25, 0.3) is 0 Å². The zero-order valence-electron chi connectivity index (χ0n) is 9.64. The van der Waals surface area contributed by atoms with Crippen molar-refractivity contribution in [3.05, 3.63) is 0 Å². The molecule has 3 unspecified atom stereocenters. The first-order chi connectivity index (χ1) is 6.16. The first-order valence-electron chi connectivity index (χ1n) is 5.84. The summed E-state index contributed by atoms with van der Waals surface area (Å²) in [5, 5.41) is 3.50. The predicted octanol–water partition coefficient (Wildman–Crippen LogP) is 3.06. The number of hydrogen-bond donors (Lipinski definition) is 1. The maximum Gasteiger partial charge on any atom is 0.0118 e. The van der Waals surface area contributed by atoms with Crippen molar-refractivity contribution >= 4 is 0 Å². The highest BCUT2D eigenvalue weighted by Gasteiger charge is 2.29. The Morgan fingerprint density at radius 2 is 1.77 bits per heavy atom. The molecule has 1 aliphatic rings. The van der Waals surface area contributed by atoms with Gasteiger partial charge in [-0.15, -0.1) is 0 Å². The molecule has 0 amide bonds. The zero-order valence-corrected chi connectivity index (χ0v) is 9.64. The second-order valence-electron chi connectivity index (χ2n) is 4.98. The molecule has 1 rings (SSSR count). The van der Waals surface area contributed by atoms with Crippen LogP contribution >= 0.6 is 0 Å². The summed E-state index contributed by atoms with van der Waals surface area (Å²) < 4.78 is 0. The van der Waals surface area contributed by atoms with E-state index in [9.17, 15) is 0 Å². The minimum absolute atomic E-state index is 0.732. The maximum absolute atomic E-state index is 3.50. The SMILES string of the molecule is CNC(C(C)C)C1CCCCC1C. The molecule has 1 fully saturated rings. The quantitative estimate of drug-likeness (QED) is 0.709. The molecule has 0 saturated heterocycles. The minimum atomic E-state index is 0.732. The molecule has 0 bridgehead atoms. The highest BCUT2D eigenvalue weighted by molar-refractivity contribution is 4.84. The molecule has 3 atom stereocenters. The van der Waals surface area contributed by atoms with Crippen LogP contribution in [0.2, 0.25) is 0 Å². The highest BCUT2D eigenvalue weighted by Crippen LogP contribution is 2.33. The fraction of sp³-hybridized carbons (Fsp3) is 1.00. The molecule has 0 aromatic carbocycles. The van der Waals surface area contributed by atoms with Crippen molar-refractivity contribution < 1.29 is 0 Å². The smallest absolute Gasteiger partial charge is 0.0118 e. The van der Waals surface area contributed by atoms with E-state index >= 15 is 0 Å². The summed E-state index contributed by atoms with van der Waals surface area (Å²) in [5.41, 5.74) is 0. The maximum atomic E-state index is 3.50. The third-order valence-electron chi connectivity index (χ3n) is 3.69. The van der Waals surface area contributed by atoms with Crippen LogP contribution in [0.1, 0.15) is 46.5 Å². The van der Waals surface area contributed by atoms with Gasteiger partial charge in [0.05, 0.1) is 0 Å². The Hall–Kier alpha value is -0.0400. The van der Waals surface area contributed by atoms with Crippen molar-refractivity contribution in [3.8, 4) is 0 Å². The molecule has 78 valence electrons. The molecule has 1 heteroatoms. The van der Waals surface area contributed by atoms with E-state index in [4.69, 9.17) is 0 Å². The molecule has 0 aliphatic heterocycles. The fourth-order valence-electron chi connectivity index (χ4n) is 2.92. The summed E-state index contributed by atoms with van der Waals surface area (Å²) in [6, 6.07) is 0.732. The summed E-state index contributed by atoms with van der Waals surface area (Å²) in [4.78, 5) is 0. The van der Waals surface area contributed by atoms with E-state index in [2.05, 4.69) is 33.1 Å². The second kappa shape index (κ2) is 4.99. The molecule has 1 aliphatic carbocycles. The lowest BCUT2D eigenvalue weighted by Gasteiger charge is -2.37. The standard InChI is InChI=1S/C12H25N/c1-9(2)12(13-4)11-8-6-5-7-10(11)3/h9-13H,5-8H2,1-4H3.